The quantitative estimate of drug-likeness (QED) is 0.680. The Hall–Kier alpha value is -0.0900. The second-order valence-electron chi connectivity index (χ2n) is 3.70. The van der Waals surface area contributed by atoms with Crippen LogP contribution in [-0.2, 0) is 4.79 Å². The second-order valence-corrected chi connectivity index (χ2v) is 4.26. The van der Waals surface area contributed by atoms with Crippen molar-refractivity contribution >= 4 is 21.8 Å². The molecule has 0 radical (unpaired) electrons. The zero-order valence-electron chi connectivity index (χ0n) is 8.29. The molecule has 3 nitrogen and oxygen atoms in total. The molecule has 1 fully saturated rings. The van der Waals surface area contributed by atoms with Crippen LogP contribution in [-0.4, -0.2) is 54.3 Å². The lowest BCUT2D eigenvalue weighted by Crippen LogP contribution is -2.47. The number of likely N-dealkylation sites (N-methyl/N-ethyl adjacent to an activating group) is 2. The lowest BCUT2D eigenvalue weighted by atomic mass is 10.1. The molecular weight excluding hydrogens is 232 g/mol. The highest BCUT2D eigenvalue weighted by atomic mass is 79.9. The number of hydrogen-bond donors (Lipinski definition) is 0. The Morgan fingerprint density at radius 1 is 1.69 bits per heavy atom. The number of rotatable bonds is 2. The van der Waals surface area contributed by atoms with Crippen molar-refractivity contribution in [1.29, 1.82) is 0 Å². The van der Waals surface area contributed by atoms with Gasteiger partial charge in [-0.2, -0.15) is 0 Å². The molecule has 1 atom stereocenters. The molecule has 0 N–H and O–H groups in total. The van der Waals surface area contributed by atoms with Crippen LogP contribution in [0.4, 0.5) is 0 Å². The van der Waals surface area contributed by atoms with Crippen molar-refractivity contribution in [3.8, 4) is 0 Å². The maximum absolute atomic E-state index is 11.4. The minimum absolute atomic E-state index is 0.181. The highest BCUT2D eigenvalue weighted by Gasteiger charge is 2.23. The van der Waals surface area contributed by atoms with E-state index in [4.69, 9.17) is 0 Å². The third-order valence-corrected chi connectivity index (χ3v) is 3.13. The molecule has 0 spiro atoms. The predicted molar refractivity (Wildman–Crippen MR) is 57.1 cm³/mol. The summed E-state index contributed by atoms with van der Waals surface area (Å²) in [4.78, 5) is 15.5. The molecule has 1 rings (SSSR count). The Morgan fingerprint density at radius 2 is 2.38 bits per heavy atom. The van der Waals surface area contributed by atoms with E-state index in [9.17, 15) is 4.79 Å². The molecule has 1 aliphatic rings. The molecule has 1 amide bonds. The Morgan fingerprint density at radius 3 is 2.92 bits per heavy atom. The van der Waals surface area contributed by atoms with E-state index in [0.29, 0.717) is 11.4 Å². The standard InChI is InChI=1S/C9H17BrN2O/c1-11-5-3-4-8(7-11)12(2)9(13)6-10/h8H,3-7H2,1-2H3. The molecule has 0 aliphatic carbocycles. The van der Waals surface area contributed by atoms with Gasteiger partial charge in [0, 0.05) is 19.6 Å². The van der Waals surface area contributed by atoms with Crippen LogP contribution in [0.5, 0.6) is 0 Å². The van der Waals surface area contributed by atoms with Crippen molar-refractivity contribution in [1.82, 2.24) is 9.80 Å². The van der Waals surface area contributed by atoms with Gasteiger partial charge < -0.3 is 9.80 Å². The van der Waals surface area contributed by atoms with E-state index >= 15 is 0 Å². The number of carbonyl (C=O) groups is 1. The third-order valence-electron chi connectivity index (χ3n) is 2.66. The van der Waals surface area contributed by atoms with Crippen LogP contribution in [0.15, 0.2) is 0 Å². The molecule has 0 aromatic heterocycles. The van der Waals surface area contributed by atoms with Crippen LogP contribution >= 0.6 is 15.9 Å². The van der Waals surface area contributed by atoms with Crippen molar-refractivity contribution < 1.29 is 4.79 Å². The molecular formula is C9H17BrN2O. The van der Waals surface area contributed by atoms with E-state index in [1.54, 1.807) is 0 Å². The SMILES string of the molecule is CN1CCCC(N(C)C(=O)CBr)C1. The molecule has 1 unspecified atom stereocenters. The number of alkyl halides is 1. The van der Waals surface area contributed by atoms with Crippen molar-refractivity contribution in [2.24, 2.45) is 0 Å². The van der Waals surface area contributed by atoms with E-state index in [2.05, 4.69) is 27.9 Å². The van der Waals surface area contributed by atoms with E-state index in [0.717, 1.165) is 19.5 Å². The summed E-state index contributed by atoms with van der Waals surface area (Å²) in [6.07, 6.45) is 2.33. The topological polar surface area (TPSA) is 23.6 Å². The summed E-state index contributed by atoms with van der Waals surface area (Å²) in [5.41, 5.74) is 0. The monoisotopic (exact) mass is 248 g/mol. The summed E-state index contributed by atoms with van der Waals surface area (Å²) in [6, 6.07) is 0.406. The number of halogens is 1. The average Bonchev–Trinajstić information content (AvgIpc) is 2.15. The Balaban J connectivity index is 2.45. The maximum Gasteiger partial charge on any atom is 0.233 e. The Bertz CT molecular complexity index is 186. The van der Waals surface area contributed by atoms with Gasteiger partial charge in [-0.1, -0.05) is 15.9 Å². The average molecular weight is 249 g/mol. The molecule has 13 heavy (non-hydrogen) atoms. The zero-order valence-corrected chi connectivity index (χ0v) is 9.88. The minimum Gasteiger partial charge on any atom is -0.341 e. The molecule has 4 heteroatoms. The van der Waals surface area contributed by atoms with Crippen LogP contribution in [0.2, 0.25) is 0 Å². The van der Waals surface area contributed by atoms with Gasteiger partial charge >= 0.3 is 0 Å². The van der Waals surface area contributed by atoms with Crippen LogP contribution in [0.25, 0.3) is 0 Å². The van der Waals surface area contributed by atoms with Gasteiger partial charge in [0.25, 0.3) is 0 Å². The number of hydrogen-bond acceptors (Lipinski definition) is 2. The lowest BCUT2D eigenvalue weighted by molar-refractivity contribution is -0.129. The van der Waals surface area contributed by atoms with E-state index < -0.39 is 0 Å². The fraction of sp³-hybridized carbons (Fsp3) is 0.889. The molecule has 0 aromatic carbocycles. The summed E-state index contributed by atoms with van der Waals surface area (Å²) < 4.78 is 0. The van der Waals surface area contributed by atoms with Crippen molar-refractivity contribution in [2.75, 3.05) is 32.5 Å². The molecule has 0 aromatic rings. The van der Waals surface area contributed by atoms with Crippen LogP contribution in [0, 0.1) is 0 Å². The zero-order chi connectivity index (χ0) is 9.84. The van der Waals surface area contributed by atoms with Gasteiger partial charge in [-0.05, 0) is 26.4 Å². The fourth-order valence-electron chi connectivity index (χ4n) is 1.75. The fourth-order valence-corrected chi connectivity index (χ4v) is 2.15. The van der Waals surface area contributed by atoms with Crippen molar-refractivity contribution in [2.45, 2.75) is 18.9 Å². The van der Waals surface area contributed by atoms with Gasteiger partial charge in [0.15, 0.2) is 0 Å². The van der Waals surface area contributed by atoms with E-state index in [1.165, 1.54) is 6.42 Å². The first kappa shape index (κ1) is 11.0. The highest BCUT2D eigenvalue weighted by molar-refractivity contribution is 9.09. The molecule has 1 saturated heterocycles. The summed E-state index contributed by atoms with van der Waals surface area (Å²) in [5.74, 6) is 0.181. The first-order chi connectivity index (χ1) is 6.15. The van der Waals surface area contributed by atoms with Gasteiger partial charge in [0.2, 0.25) is 5.91 Å². The van der Waals surface area contributed by atoms with Gasteiger partial charge in [-0.15, -0.1) is 0 Å². The van der Waals surface area contributed by atoms with E-state index in [1.807, 2.05) is 11.9 Å². The second kappa shape index (κ2) is 4.96. The van der Waals surface area contributed by atoms with Crippen LogP contribution in [0.1, 0.15) is 12.8 Å². The number of piperidine rings is 1. The van der Waals surface area contributed by atoms with Crippen LogP contribution in [0.3, 0.4) is 0 Å². The molecule has 1 heterocycles. The highest BCUT2D eigenvalue weighted by Crippen LogP contribution is 2.13. The Labute approximate surface area is 88.2 Å². The largest absolute Gasteiger partial charge is 0.341 e. The molecule has 0 bridgehead atoms. The van der Waals surface area contributed by atoms with E-state index in [-0.39, 0.29) is 5.91 Å². The maximum atomic E-state index is 11.4. The summed E-state index contributed by atoms with van der Waals surface area (Å²) in [7, 11) is 4.01. The summed E-state index contributed by atoms with van der Waals surface area (Å²) in [6.45, 7) is 2.17. The smallest absolute Gasteiger partial charge is 0.233 e. The van der Waals surface area contributed by atoms with Gasteiger partial charge in [-0.25, -0.2) is 0 Å². The number of carbonyl (C=O) groups excluding carboxylic acids is 1. The summed E-state index contributed by atoms with van der Waals surface area (Å²) in [5, 5.41) is 0.434. The van der Waals surface area contributed by atoms with Gasteiger partial charge in [-0.3, -0.25) is 4.79 Å². The van der Waals surface area contributed by atoms with Crippen molar-refractivity contribution in [3.05, 3.63) is 0 Å². The molecule has 1 aliphatic heterocycles. The summed E-state index contributed by atoms with van der Waals surface area (Å²) >= 11 is 3.19. The number of nitrogens with zero attached hydrogens (tertiary/aromatic N) is 2. The lowest BCUT2D eigenvalue weighted by Gasteiger charge is -2.35. The Kier molecular flexibility index (Phi) is 4.19. The molecule has 76 valence electrons. The van der Waals surface area contributed by atoms with Crippen LogP contribution < -0.4 is 0 Å². The van der Waals surface area contributed by atoms with Gasteiger partial charge in [0.05, 0.1) is 5.33 Å². The first-order valence-electron chi connectivity index (χ1n) is 4.65. The molecule has 0 saturated carbocycles. The predicted octanol–water partition coefficient (Wildman–Crippen LogP) is 0.934. The van der Waals surface area contributed by atoms with Gasteiger partial charge in [0.1, 0.15) is 0 Å². The van der Waals surface area contributed by atoms with Crippen molar-refractivity contribution in [3.63, 3.8) is 0 Å². The number of amides is 1. The number of likely N-dealkylation sites (tertiary alicyclic amines) is 1. The minimum atomic E-state index is 0.181. The third kappa shape index (κ3) is 2.95. The first-order valence-corrected chi connectivity index (χ1v) is 5.77. The normalized spacial score (nSPS) is 24.4.